The van der Waals surface area contributed by atoms with Gasteiger partial charge >= 0.3 is 0 Å². The number of carbonyl (C=O) groups excluding carboxylic acids is 1. The molecule has 0 saturated carbocycles. The Kier molecular flexibility index (Phi) is 5.97. The Balaban J connectivity index is 1.75. The van der Waals surface area contributed by atoms with Crippen LogP contribution in [0.4, 0.5) is 5.69 Å². The number of anilines is 1. The highest BCUT2D eigenvalue weighted by atomic mass is 35.5. The number of rotatable bonds is 6. The first kappa shape index (κ1) is 21.0. The number of nitrogens with one attached hydrogen (secondary N) is 1. The van der Waals surface area contributed by atoms with Crippen LogP contribution in [0.3, 0.4) is 0 Å². The van der Waals surface area contributed by atoms with Gasteiger partial charge < -0.3 is 10.1 Å². The van der Waals surface area contributed by atoms with Crippen molar-refractivity contribution < 1.29 is 9.53 Å². The van der Waals surface area contributed by atoms with Crippen LogP contribution in [0.2, 0.25) is 5.02 Å². The molecular weight excluding hydrogens is 414 g/mol. The molecule has 0 atom stereocenters. The predicted molar refractivity (Wildman–Crippen MR) is 120 cm³/mol. The Morgan fingerprint density at radius 1 is 1.16 bits per heavy atom. The molecule has 0 fully saturated rings. The first-order valence-corrected chi connectivity index (χ1v) is 10.3. The van der Waals surface area contributed by atoms with Gasteiger partial charge in [0.1, 0.15) is 0 Å². The SMILES string of the molecule is CCc1ccc(NC(=O)c2nnc3c(-c4cccc(Cl)c4)c(COC)nn3c2C)cc1. The van der Waals surface area contributed by atoms with E-state index in [1.807, 2.05) is 42.5 Å². The minimum absolute atomic E-state index is 0.205. The highest BCUT2D eigenvalue weighted by Gasteiger charge is 2.22. The zero-order chi connectivity index (χ0) is 22.0. The summed E-state index contributed by atoms with van der Waals surface area (Å²) in [6, 6.07) is 15.2. The molecule has 0 unspecified atom stereocenters. The average Bonchev–Trinajstić information content (AvgIpc) is 3.14. The molecule has 2 aromatic heterocycles. The maximum absolute atomic E-state index is 12.9. The molecule has 0 aliphatic rings. The van der Waals surface area contributed by atoms with Gasteiger partial charge in [0, 0.05) is 17.8 Å². The molecule has 0 aliphatic carbocycles. The van der Waals surface area contributed by atoms with Crippen molar-refractivity contribution in [2.45, 2.75) is 26.9 Å². The summed E-state index contributed by atoms with van der Waals surface area (Å²) in [5.74, 6) is -0.343. The fourth-order valence-electron chi connectivity index (χ4n) is 3.45. The average molecular weight is 436 g/mol. The summed E-state index contributed by atoms with van der Waals surface area (Å²) >= 11 is 6.19. The van der Waals surface area contributed by atoms with Crippen molar-refractivity contribution in [1.82, 2.24) is 19.8 Å². The molecule has 0 saturated heterocycles. The van der Waals surface area contributed by atoms with Gasteiger partial charge in [-0.05, 0) is 48.7 Å². The molecule has 0 aliphatic heterocycles. The smallest absolute Gasteiger partial charge is 0.278 e. The van der Waals surface area contributed by atoms with Crippen molar-refractivity contribution in [3.05, 3.63) is 76.2 Å². The Hall–Kier alpha value is -3.29. The van der Waals surface area contributed by atoms with Crippen LogP contribution in [-0.2, 0) is 17.8 Å². The molecule has 0 bridgehead atoms. The third-order valence-corrected chi connectivity index (χ3v) is 5.30. The lowest BCUT2D eigenvalue weighted by Gasteiger charge is -2.08. The summed E-state index contributed by atoms with van der Waals surface area (Å²) in [7, 11) is 1.60. The van der Waals surface area contributed by atoms with Crippen LogP contribution in [0.15, 0.2) is 48.5 Å². The minimum atomic E-state index is -0.343. The van der Waals surface area contributed by atoms with Crippen molar-refractivity contribution in [2.24, 2.45) is 0 Å². The van der Waals surface area contributed by atoms with Crippen LogP contribution < -0.4 is 5.32 Å². The number of methoxy groups -OCH3 is 1. The molecule has 4 aromatic rings. The van der Waals surface area contributed by atoms with E-state index in [4.69, 9.17) is 16.3 Å². The fourth-order valence-corrected chi connectivity index (χ4v) is 3.64. The van der Waals surface area contributed by atoms with Gasteiger partial charge in [0.25, 0.3) is 5.91 Å². The number of amides is 1. The molecular formula is C23H22ClN5O2. The van der Waals surface area contributed by atoms with Crippen LogP contribution in [0.25, 0.3) is 16.8 Å². The molecule has 1 N–H and O–H groups in total. The number of benzene rings is 2. The highest BCUT2D eigenvalue weighted by molar-refractivity contribution is 6.30. The molecule has 7 nitrogen and oxygen atoms in total. The lowest BCUT2D eigenvalue weighted by atomic mass is 10.1. The normalized spacial score (nSPS) is 11.1. The van der Waals surface area contributed by atoms with Gasteiger partial charge in [0.2, 0.25) is 0 Å². The first-order chi connectivity index (χ1) is 15.0. The molecule has 1 amide bonds. The van der Waals surface area contributed by atoms with Gasteiger partial charge in [-0.15, -0.1) is 10.2 Å². The number of aryl methyl sites for hydroxylation is 2. The highest BCUT2D eigenvalue weighted by Crippen LogP contribution is 2.30. The summed E-state index contributed by atoms with van der Waals surface area (Å²) in [4.78, 5) is 12.9. The number of ether oxygens (including phenoxy) is 1. The van der Waals surface area contributed by atoms with Crippen LogP contribution in [0, 0.1) is 6.92 Å². The van der Waals surface area contributed by atoms with Crippen LogP contribution in [0.1, 0.15) is 34.4 Å². The molecule has 0 radical (unpaired) electrons. The molecule has 158 valence electrons. The summed E-state index contributed by atoms with van der Waals surface area (Å²) in [6.07, 6.45) is 0.938. The van der Waals surface area contributed by atoms with Crippen molar-refractivity contribution in [2.75, 3.05) is 12.4 Å². The largest absolute Gasteiger partial charge is 0.378 e. The van der Waals surface area contributed by atoms with Gasteiger partial charge in [-0.2, -0.15) is 5.10 Å². The fraction of sp³-hybridized carbons (Fsp3) is 0.217. The van der Waals surface area contributed by atoms with E-state index in [0.29, 0.717) is 27.7 Å². The number of aromatic nitrogens is 4. The lowest BCUT2D eigenvalue weighted by molar-refractivity contribution is 0.102. The number of hydrogen-bond acceptors (Lipinski definition) is 5. The maximum atomic E-state index is 12.9. The van der Waals surface area contributed by atoms with E-state index in [1.54, 1.807) is 24.6 Å². The molecule has 2 aromatic carbocycles. The number of nitrogens with zero attached hydrogens (tertiary/aromatic N) is 4. The van der Waals surface area contributed by atoms with Crippen molar-refractivity contribution >= 4 is 28.8 Å². The summed E-state index contributed by atoms with van der Waals surface area (Å²) in [6.45, 7) is 4.17. The van der Waals surface area contributed by atoms with Crippen molar-refractivity contribution in [1.29, 1.82) is 0 Å². The Morgan fingerprint density at radius 2 is 1.94 bits per heavy atom. The monoisotopic (exact) mass is 435 g/mol. The molecule has 4 rings (SSSR count). The first-order valence-electron chi connectivity index (χ1n) is 9.92. The van der Waals surface area contributed by atoms with Crippen LogP contribution in [0.5, 0.6) is 0 Å². The van der Waals surface area contributed by atoms with E-state index in [0.717, 1.165) is 17.5 Å². The summed E-state index contributed by atoms with van der Waals surface area (Å²) < 4.78 is 6.96. The molecule has 2 heterocycles. The van der Waals surface area contributed by atoms with Gasteiger partial charge in [-0.25, -0.2) is 4.52 Å². The van der Waals surface area contributed by atoms with E-state index in [2.05, 4.69) is 27.5 Å². The second kappa shape index (κ2) is 8.83. The molecule has 8 heteroatoms. The topological polar surface area (TPSA) is 81.4 Å². The Morgan fingerprint density at radius 3 is 2.61 bits per heavy atom. The third-order valence-electron chi connectivity index (χ3n) is 5.07. The Bertz CT molecular complexity index is 1250. The summed E-state index contributed by atoms with van der Waals surface area (Å²) in [5, 5.41) is 16.7. The van der Waals surface area contributed by atoms with Crippen LogP contribution >= 0.6 is 11.6 Å². The quantitative estimate of drug-likeness (QED) is 0.474. The van der Waals surface area contributed by atoms with E-state index in [-0.39, 0.29) is 18.2 Å². The third kappa shape index (κ3) is 4.15. The van der Waals surface area contributed by atoms with Crippen molar-refractivity contribution in [3.8, 4) is 11.1 Å². The zero-order valence-electron chi connectivity index (χ0n) is 17.5. The summed E-state index contributed by atoms with van der Waals surface area (Å²) in [5.41, 5.74) is 5.55. The zero-order valence-corrected chi connectivity index (χ0v) is 18.3. The molecule has 31 heavy (non-hydrogen) atoms. The second-order valence-electron chi connectivity index (χ2n) is 7.14. The predicted octanol–water partition coefficient (Wildman–Crippen LogP) is 4.71. The second-order valence-corrected chi connectivity index (χ2v) is 7.58. The molecule has 0 spiro atoms. The number of hydrogen-bond donors (Lipinski definition) is 1. The van der Waals surface area contributed by atoms with Gasteiger partial charge in [-0.1, -0.05) is 42.8 Å². The van der Waals surface area contributed by atoms with E-state index < -0.39 is 0 Å². The maximum Gasteiger partial charge on any atom is 0.278 e. The van der Waals surface area contributed by atoms with Crippen molar-refractivity contribution in [3.63, 3.8) is 0 Å². The standard InChI is InChI=1S/C23H22ClN5O2/c1-4-15-8-10-18(11-9-15)25-23(30)21-14(2)29-22(27-26-21)20(19(28-29)13-31-3)16-6-5-7-17(24)12-16/h5-12H,4,13H2,1-3H3,(H,25,30). The van der Waals surface area contributed by atoms with Crippen LogP contribution in [-0.4, -0.2) is 32.8 Å². The van der Waals surface area contributed by atoms with E-state index in [9.17, 15) is 4.79 Å². The minimum Gasteiger partial charge on any atom is -0.378 e. The lowest BCUT2D eigenvalue weighted by Crippen LogP contribution is -2.18. The number of halogens is 1. The van der Waals surface area contributed by atoms with E-state index in [1.165, 1.54) is 5.56 Å². The number of fused-ring (bicyclic) bond motifs is 1. The van der Waals surface area contributed by atoms with Gasteiger partial charge in [0.05, 0.1) is 23.6 Å². The number of carbonyl (C=O) groups is 1. The Labute approximate surface area is 185 Å². The van der Waals surface area contributed by atoms with Gasteiger partial charge in [0.15, 0.2) is 11.3 Å². The van der Waals surface area contributed by atoms with E-state index >= 15 is 0 Å². The van der Waals surface area contributed by atoms with Gasteiger partial charge in [-0.3, -0.25) is 4.79 Å².